The van der Waals surface area contributed by atoms with Crippen LogP contribution in [0.1, 0.15) is 38.1 Å². The minimum absolute atomic E-state index is 0.0709. The van der Waals surface area contributed by atoms with E-state index in [9.17, 15) is 4.79 Å². The summed E-state index contributed by atoms with van der Waals surface area (Å²) in [6.45, 7) is 1.51. The van der Waals surface area contributed by atoms with Gasteiger partial charge in [-0.25, -0.2) is 4.98 Å². The summed E-state index contributed by atoms with van der Waals surface area (Å²) in [5, 5.41) is 6.05. The molecule has 1 saturated carbocycles. The number of anilines is 1. The summed E-state index contributed by atoms with van der Waals surface area (Å²) in [4.78, 5) is 16.9. The van der Waals surface area contributed by atoms with Crippen molar-refractivity contribution in [2.24, 2.45) is 0 Å². The van der Waals surface area contributed by atoms with Gasteiger partial charge >= 0.3 is 0 Å². The Labute approximate surface area is 142 Å². The van der Waals surface area contributed by atoms with Crippen LogP contribution in [0.25, 0.3) is 11.0 Å². The molecule has 1 aliphatic carbocycles. The number of amides is 1. The Morgan fingerprint density at radius 3 is 2.88 bits per heavy atom. The predicted molar refractivity (Wildman–Crippen MR) is 95.2 cm³/mol. The first-order valence-electron chi connectivity index (χ1n) is 8.76. The fourth-order valence-corrected chi connectivity index (χ4v) is 3.39. The van der Waals surface area contributed by atoms with Crippen molar-refractivity contribution in [1.82, 2.24) is 14.9 Å². The summed E-state index contributed by atoms with van der Waals surface area (Å²) in [5.41, 5.74) is 2.04. The Kier molecular flexibility index (Phi) is 5.82. The Balaban J connectivity index is 1.77. The van der Waals surface area contributed by atoms with E-state index in [4.69, 9.17) is 4.74 Å². The number of para-hydroxylation sites is 2. The van der Waals surface area contributed by atoms with Crippen molar-refractivity contribution >= 4 is 22.9 Å². The number of carbonyl (C=O) groups excluding carboxylic acids is 1. The van der Waals surface area contributed by atoms with Gasteiger partial charge < -0.3 is 14.6 Å². The van der Waals surface area contributed by atoms with Crippen LogP contribution in [0, 0.1) is 0 Å². The van der Waals surface area contributed by atoms with Gasteiger partial charge in [-0.3, -0.25) is 10.1 Å². The van der Waals surface area contributed by atoms with Crippen molar-refractivity contribution in [3.63, 3.8) is 0 Å². The molecule has 0 unspecified atom stereocenters. The predicted octanol–water partition coefficient (Wildman–Crippen LogP) is 2.72. The largest absolute Gasteiger partial charge is 0.383 e. The minimum Gasteiger partial charge on any atom is -0.383 e. The number of nitrogens with one attached hydrogen (secondary N) is 2. The Hall–Kier alpha value is -1.92. The number of aromatic nitrogens is 2. The molecule has 0 spiro atoms. The maximum Gasteiger partial charge on any atom is 0.240 e. The first-order chi connectivity index (χ1) is 11.8. The second kappa shape index (κ2) is 8.26. The third-order valence-corrected chi connectivity index (χ3v) is 4.56. The number of carbonyl (C=O) groups is 1. The standard InChI is InChI=1S/C18H26N4O2/c1-24-12-11-19-13-17(23)21-18-20-15-9-5-6-10-16(15)22(18)14-7-3-2-4-8-14/h5-6,9-10,14,19H,2-4,7-8,11-13H2,1H3,(H,20,21,23). The fourth-order valence-electron chi connectivity index (χ4n) is 3.39. The van der Waals surface area contributed by atoms with Crippen LogP contribution in [-0.4, -0.2) is 42.3 Å². The van der Waals surface area contributed by atoms with Crippen LogP contribution in [-0.2, 0) is 9.53 Å². The molecule has 130 valence electrons. The van der Waals surface area contributed by atoms with Gasteiger partial charge in [0.25, 0.3) is 0 Å². The number of rotatable bonds is 7. The topological polar surface area (TPSA) is 68.2 Å². The maximum atomic E-state index is 12.2. The number of methoxy groups -OCH3 is 1. The summed E-state index contributed by atoms with van der Waals surface area (Å²) in [6, 6.07) is 8.52. The lowest BCUT2D eigenvalue weighted by Crippen LogP contribution is -2.31. The highest BCUT2D eigenvalue weighted by molar-refractivity contribution is 5.92. The molecule has 0 radical (unpaired) electrons. The molecule has 1 aliphatic rings. The fraction of sp³-hybridized carbons (Fsp3) is 0.556. The Bertz CT molecular complexity index is 677. The van der Waals surface area contributed by atoms with Gasteiger partial charge in [0.1, 0.15) is 0 Å². The quantitative estimate of drug-likeness (QED) is 0.766. The average molecular weight is 330 g/mol. The zero-order chi connectivity index (χ0) is 16.8. The van der Waals surface area contributed by atoms with Crippen molar-refractivity contribution in [2.45, 2.75) is 38.1 Å². The molecule has 0 atom stereocenters. The van der Waals surface area contributed by atoms with Gasteiger partial charge in [-0.05, 0) is 25.0 Å². The van der Waals surface area contributed by atoms with E-state index in [1.165, 1.54) is 19.3 Å². The molecule has 1 fully saturated rings. The SMILES string of the molecule is COCCNCC(=O)Nc1nc2ccccc2n1C1CCCCC1. The molecule has 3 rings (SSSR count). The van der Waals surface area contributed by atoms with E-state index in [2.05, 4.69) is 26.3 Å². The van der Waals surface area contributed by atoms with Crippen molar-refractivity contribution in [1.29, 1.82) is 0 Å². The van der Waals surface area contributed by atoms with Gasteiger partial charge in [-0.1, -0.05) is 31.4 Å². The van der Waals surface area contributed by atoms with Crippen LogP contribution < -0.4 is 10.6 Å². The summed E-state index contributed by atoms with van der Waals surface area (Å²) < 4.78 is 7.19. The Morgan fingerprint density at radius 1 is 1.29 bits per heavy atom. The van der Waals surface area contributed by atoms with E-state index in [1.807, 2.05) is 18.2 Å². The van der Waals surface area contributed by atoms with Crippen LogP contribution in [0.2, 0.25) is 0 Å². The van der Waals surface area contributed by atoms with E-state index in [-0.39, 0.29) is 12.5 Å². The number of nitrogens with zero attached hydrogens (tertiary/aromatic N) is 2. The van der Waals surface area contributed by atoms with Gasteiger partial charge in [0.15, 0.2) is 0 Å². The van der Waals surface area contributed by atoms with Crippen molar-refractivity contribution in [3.8, 4) is 0 Å². The van der Waals surface area contributed by atoms with Gasteiger partial charge in [0.2, 0.25) is 11.9 Å². The lowest BCUT2D eigenvalue weighted by atomic mass is 9.95. The number of imidazole rings is 1. The van der Waals surface area contributed by atoms with Crippen molar-refractivity contribution in [3.05, 3.63) is 24.3 Å². The zero-order valence-electron chi connectivity index (χ0n) is 14.3. The first kappa shape index (κ1) is 16.9. The van der Waals surface area contributed by atoms with Crippen molar-refractivity contribution < 1.29 is 9.53 Å². The molecule has 0 saturated heterocycles. The maximum absolute atomic E-state index is 12.2. The molecule has 24 heavy (non-hydrogen) atoms. The lowest BCUT2D eigenvalue weighted by molar-refractivity contribution is -0.115. The van der Waals surface area contributed by atoms with Crippen molar-refractivity contribution in [2.75, 3.05) is 32.1 Å². The van der Waals surface area contributed by atoms with E-state index < -0.39 is 0 Å². The molecule has 0 bridgehead atoms. The van der Waals surface area contributed by atoms with Gasteiger partial charge in [-0.2, -0.15) is 0 Å². The average Bonchev–Trinajstić information content (AvgIpc) is 2.97. The molecular formula is C18H26N4O2. The Morgan fingerprint density at radius 2 is 2.08 bits per heavy atom. The number of fused-ring (bicyclic) bond motifs is 1. The number of hydrogen-bond acceptors (Lipinski definition) is 4. The van der Waals surface area contributed by atoms with Crippen LogP contribution in [0.3, 0.4) is 0 Å². The smallest absolute Gasteiger partial charge is 0.240 e. The first-order valence-corrected chi connectivity index (χ1v) is 8.76. The van der Waals surface area contributed by atoms with Gasteiger partial charge in [0, 0.05) is 19.7 Å². The summed E-state index contributed by atoms with van der Waals surface area (Å²) in [5.74, 6) is 0.597. The highest BCUT2D eigenvalue weighted by atomic mass is 16.5. The number of ether oxygens (including phenoxy) is 1. The molecule has 1 amide bonds. The minimum atomic E-state index is -0.0709. The van der Waals surface area contributed by atoms with Crippen LogP contribution >= 0.6 is 0 Å². The number of benzene rings is 1. The third kappa shape index (κ3) is 3.94. The van der Waals surface area contributed by atoms with Gasteiger partial charge in [-0.15, -0.1) is 0 Å². The molecule has 1 aromatic carbocycles. The normalized spacial score (nSPS) is 15.7. The highest BCUT2D eigenvalue weighted by Gasteiger charge is 2.22. The van der Waals surface area contributed by atoms with E-state index in [0.29, 0.717) is 25.1 Å². The molecule has 1 heterocycles. The van der Waals surface area contributed by atoms with E-state index in [0.717, 1.165) is 23.9 Å². The lowest BCUT2D eigenvalue weighted by Gasteiger charge is -2.25. The van der Waals surface area contributed by atoms with E-state index in [1.54, 1.807) is 7.11 Å². The monoisotopic (exact) mass is 330 g/mol. The van der Waals surface area contributed by atoms with Crippen LogP contribution in [0.5, 0.6) is 0 Å². The van der Waals surface area contributed by atoms with Crippen LogP contribution in [0.4, 0.5) is 5.95 Å². The third-order valence-electron chi connectivity index (χ3n) is 4.56. The molecule has 6 nitrogen and oxygen atoms in total. The molecule has 6 heteroatoms. The van der Waals surface area contributed by atoms with Crippen LogP contribution in [0.15, 0.2) is 24.3 Å². The van der Waals surface area contributed by atoms with E-state index >= 15 is 0 Å². The highest BCUT2D eigenvalue weighted by Crippen LogP contribution is 2.34. The second-order valence-electron chi connectivity index (χ2n) is 6.30. The molecule has 2 aromatic rings. The second-order valence-corrected chi connectivity index (χ2v) is 6.30. The summed E-state index contributed by atoms with van der Waals surface area (Å²) in [6.07, 6.45) is 6.07. The molecular weight excluding hydrogens is 304 g/mol. The summed E-state index contributed by atoms with van der Waals surface area (Å²) in [7, 11) is 1.65. The molecule has 0 aliphatic heterocycles. The summed E-state index contributed by atoms with van der Waals surface area (Å²) >= 11 is 0. The number of hydrogen-bond donors (Lipinski definition) is 2. The molecule has 2 N–H and O–H groups in total. The zero-order valence-corrected chi connectivity index (χ0v) is 14.3. The van der Waals surface area contributed by atoms with Gasteiger partial charge in [0.05, 0.1) is 24.2 Å². The molecule has 1 aromatic heterocycles.